The molecule has 39 heavy (non-hydrogen) atoms. The molecule has 1 heterocycles. The average Bonchev–Trinajstić information content (AvgIpc) is 3.28. The Labute approximate surface area is 234 Å². The number of halogens is 1. The molecule has 0 unspecified atom stereocenters. The zero-order valence-electron chi connectivity index (χ0n) is 21.0. The topological polar surface area (TPSA) is 138 Å². The number of fused-ring (bicyclic) bond motifs is 1. The van der Waals surface area contributed by atoms with E-state index in [4.69, 9.17) is 21.1 Å². The van der Waals surface area contributed by atoms with Gasteiger partial charge in [-0.2, -0.15) is 10.5 Å². The zero-order chi connectivity index (χ0) is 27.9. The van der Waals surface area contributed by atoms with Gasteiger partial charge in [0, 0.05) is 17.0 Å². The highest BCUT2D eigenvalue weighted by molar-refractivity contribution is 7.16. The maximum atomic E-state index is 13.0. The van der Waals surface area contributed by atoms with E-state index in [0.717, 1.165) is 36.1 Å². The van der Waals surface area contributed by atoms with Crippen molar-refractivity contribution in [1.82, 2.24) is 0 Å². The number of thiophene rings is 1. The SMILES string of the molecule is CCOc1cc(/C=C(\C#N)C(=O)Nc2sc3c(c2C#N)CCCC3)cc(Cl)c1OCc1cccc([N+](=O)[O-])c1. The van der Waals surface area contributed by atoms with Crippen LogP contribution in [-0.4, -0.2) is 17.4 Å². The van der Waals surface area contributed by atoms with Gasteiger partial charge in [0.2, 0.25) is 0 Å². The first-order valence-corrected chi connectivity index (χ1v) is 13.3. The van der Waals surface area contributed by atoms with Crippen LogP contribution < -0.4 is 14.8 Å². The van der Waals surface area contributed by atoms with E-state index in [2.05, 4.69) is 11.4 Å². The second-order valence-electron chi connectivity index (χ2n) is 8.63. The van der Waals surface area contributed by atoms with Crippen LogP contribution in [0.2, 0.25) is 5.02 Å². The molecule has 0 spiro atoms. The second-order valence-corrected chi connectivity index (χ2v) is 10.1. The highest BCUT2D eigenvalue weighted by Gasteiger charge is 2.23. The Kier molecular flexibility index (Phi) is 8.82. The molecule has 0 fully saturated rings. The number of hydrogen-bond donors (Lipinski definition) is 1. The van der Waals surface area contributed by atoms with Gasteiger partial charge in [-0.3, -0.25) is 14.9 Å². The molecular formula is C28H23ClN4O5S. The molecule has 1 amide bonds. The summed E-state index contributed by atoms with van der Waals surface area (Å²) >= 11 is 7.87. The standard InChI is InChI=1S/C28H23ClN4O5S/c1-2-37-24-13-18(12-23(29)26(24)38-16-17-6-5-7-20(11-17)33(35)36)10-19(14-30)27(34)32-28-22(15-31)21-8-3-4-9-25(21)39-28/h5-7,10-13H,2-4,8-9,16H2,1H3,(H,32,34)/b19-10+. The minimum Gasteiger partial charge on any atom is -0.490 e. The molecule has 4 rings (SSSR count). The number of rotatable bonds is 9. The van der Waals surface area contributed by atoms with Crippen molar-refractivity contribution in [1.29, 1.82) is 10.5 Å². The molecule has 3 aromatic rings. The Morgan fingerprint density at radius 3 is 2.74 bits per heavy atom. The third kappa shape index (κ3) is 6.37. The molecule has 0 saturated carbocycles. The number of aryl methyl sites for hydroxylation is 1. The number of carbonyl (C=O) groups excluding carboxylic acids is 1. The molecule has 1 aliphatic rings. The summed E-state index contributed by atoms with van der Waals surface area (Å²) in [7, 11) is 0. The van der Waals surface area contributed by atoms with E-state index in [1.54, 1.807) is 25.1 Å². The van der Waals surface area contributed by atoms with Crippen LogP contribution in [0.1, 0.15) is 46.9 Å². The molecule has 1 aliphatic carbocycles. The number of nitrogens with one attached hydrogen (secondary N) is 1. The van der Waals surface area contributed by atoms with E-state index in [-0.39, 0.29) is 34.4 Å². The number of amides is 1. The first-order valence-electron chi connectivity index (χ1n) is 12.1. The summed E-state index contributed by atoms with van der Waals surface area (Å²) < 4.78 is 11.5. The van der Waals surface area contributed by atoms with Gasteiger partial charge < -0.3 is 14.8 Å². The quantitative estimate of drug-likeness (QED) is 0.134. The van der Waals surface area contributed by atoms with Gasteiger partial charge in [-0.15, -0.1) is 11.3 Å². The fourth-order valence-corrected chi connectivity index (χ4v) is 5.76. The van der Waals surface area contributed by atoms with E-state index in [9.17, 15) is 25.4 Å². The fraction of sp³-hybridized carbons (Fsp3) is 0.250. The first kappa shape index (κ1) is 27.6. The molecule has 1 aromatic heterocycles. The van der Waals surface area contributed by atoms with Gasteiger partial charge in [0.25, 0.3) is 11.6 Å². The number of nitriles is 2. The molecule has 0 saturated heterocycles. The Balaban J connectivity index is 1.57. The monoisotopic (exact) mass is 562 g/mol. The number of hydrogen-bond acceptors (Lipinski definition) is 8. The maximum Gasteiger partial charge on any atom is 0.269 e. The van der Waals surface area contributed by atoms with Crippen LogP contribution in [0.15, 0.2) is 42.0 Å². The van der Waals surface area contributed by atoms with E-state index >= 15 is 0 Å². The lowest BCUT2D eigenvalue weighted by Crippen LogP contribution is -2.13. The van der Waals surface area contributed by atoms with Crippen LogP contribution in [0, 0.1) is 32.8 Å². The molecule has 9 nitrogen and oxygen atoms in total. The Morgan fingerprint density at radius 2 is 2.03 bits per heavy atom. The van der Waals surface area contributed by atoms with Gasteiger partial charge in [-0.25, -0.2) is 0 Å². The number of carbonyl (C=O) groups is 1. The normalized spacial score (nSPS) is 12.6. The Bertz CT molecular complexity index is 1550. The third-order valence-corrected chi connectivity index (χ3v) is 7.51. The Morgan fingerprint density at radius 1 is 1.23 bits per heavy atom. The summed E-state index contributed by atoms with van der Waals surface area (Å²) in [6.45, 7) is 2.08. The summed E-state index contributed by atoms with van der Waals surface area (Å²) in [5.41, 5.74) is 2.23. The second kappa shape index (κ2) is 12.4. The molecular weight excluding hydrogens is 540 g/mol. The van der Waals surface area contributed by atoms with Crippen molar-refractivity contribution in [3.8, 4) is 23.6 Å². The first-order chi connectivity index (χ1) is 18.8. The van der Waals surface area contributed by atoms with Crippen LogP contribution in [0.4, 0.5) is 10.7 Å². The lowest BCUT2D eigenvalue weighted by atomic mass is 9.96. The van der Waals surface area contributed by atoms with Crippen molar-refractivity contribution in [3.05, 3.63) is 84.2 Å². The number of nitro benzene ring substituents is 1. The van der Waals surface area contributed by atoms with Crippen molar-refractivity contribution in [2.75, 3.05) is 11.9 Å². The number of nitrogens with zero attached hydrogens (tertiary/aromatic N) is 3. The average molecular weight is 563 g/mol. The van der Waals surface area contributed by atoms with Gasteiger partial charge in [0.1, 0.15) is 29.3 Å². The van der Waals surface area contributed by atoms with Crippen LogP contribution in [0.5, 0.6) is 11.5 Å². The molecule has 0 radical (unpaired) electrons. The van der Waals surface area contributed by atoms with E-state index in [1.165, 1.54) is 35.6 Å². The lowest BCUT2D eigenvalue weighted by Gasteiger charge is -2.15. The highest BCUT2D eigenvalue weighted by Crippen LogP contribution is 2.39. The predicted molar refractivity (Wildman–Crippen MR) is 148 cm³/mol. The van der Waals surface area contributed by atoms with Crippen molar-refractivity contribution >= 4 is 45.6 Å². The largest absolute Gasteiger partial charge is 0.490 e. The lowest BCUT2D eigenvalue weighted by molar-refractivity contribution is -0.384. The number of ether oxygens (including phenoxy) is 2. The molecule has 2 aromatic carbocycles. The summed E-state index contributed by atoms with van der Waals surface area (Å²) in [6, 6.07) is 13.3. The summed E-state index contributed by atoms with van der Waals surface area (Å²) in [5.74, 6) is -0.113. The minimum atomic E-state index is -0.632. The van der Waals surface area contributed by atoms with Crippen LogP contribution in [-0.2, 0) is 24.2 Å². The third-order valence-electron chi connectivity index (χ3n) is 6.02. The molecule has 11 heteroatoms. The number of non-ortho nitro benzene ring substituents is 1. The molecule has 0 bridgehead atoms. The zero-order valence-corrected chi connectivity index (χ0v) is 22.5. The van der Waals surface area contributed by atoms with Crippen molar-refractivity contribution < 1.29 is 19.2 Å². The molecule has 1 N–H and O–H groups in total. The summed E-state index contributed by atoms with van der Waals surface area (Å²) in [5, 5.41) is 33.8. The highest BCUT2D eigenvalue weighted by atomic mass is 35.5. The van der Waals surface area contributed by atoms with Crippen molar-refractivity contribution in [2.24, 2.45) is 0 Å². The van der Waals surface area contributed by atoms with Gasteiger partial charge in [-0.05, 0) is 67.5 Å². The summed E-state index contributed by atoms with van der Waals surface area (Å²) in [6.07, 6.45) is 5.11. The van der Waals surface area contributed by atoms with Gasteiger partial charge in [-0.1, -0.05) is 23.7 Å². The summed E-state index contributed by atoms with van der Waals surface area (Å²) in [4.78, 5) is 24.7. The van der Waals surface area contributed by atoms with Crippen LogP contribution >= 0.6 is 22.9 Å². The molecule has 198 valence electrons. The smallest absolute Gasteiger partial charge is 0.269 e. The Hall–Kier alpha value is -4.38. The van der Waals surface area contributed by atoms with E-state index in [1.807, 2.05) is 6.07 Å². The predicted octanol–water partition coefficient (Wildman–Crippen LogP) is 6.58. The van der Waals surface area contributed by atoms with Crippen LogP contribution in [0.25, 0.3) is 6.08 Å². The fourth-order valence-electron chi connectivity index (χ4n) is 4.25. The van der Waals surface area contributed by atoms with Crippen LogP contribution in [0.3, 0.4) is 0 Å². The van der Waals surface area contributed by atoms with Crippen molar-refractivity contribution in [3.63, 3.8) is 0 Å². The van der Waals surface area contributed by atoms with Gasteiger partial charge in [0.05, 0.1) is 22.1 Å². The van der Waals surface area contributed by atoms with Crippen molar-refractivity contribution in [2.45, 2.75) is 39.2 Å². The maximum absolute atomic E-state index is 13.0. The molecule has 0 aliphatic heterocycles. The van der Waals surface area contributed by atoms with E-state index < -0.39 is 10.8 Å². The minimum absolute atomic E-state index is 0.00846. The number of benzene rings is 2. The number of anilines is 1. The number of nitro groups is 1. The van der Waals surface area contributed by atoms with Gasteiger partial charge in [0.15, 0.2) is 11.5 Å². The van der Waals surface area contributed by atoms with E-state index in [0.29, 0.717) is 28.3 Å². The van der Waals surface area contributed by atoms with Gasteiger partial charge >= 0.3 is 0 Å². The molecule has 0 atom stereocenters.